The zero-order valence-corrected chi connectivity index (χ0v) is 8.27. The fraction of sp³-hybridized carbons (Fsp3) is 0.300. The second-order valence-corrected chi connectivity index (χ2v) is 2.88. The van der Waals surface area contributed by atoms with Gasteiger partial charge in [0.25, 0.3) is 0 Å². The molecule has 1 aromatic rings. The van der Waals surface area contributed by atoms with Crippen LogP contribution in [0.5, 0.6) is 5.75 Å². The molecule has 0 fully saturated rings. The molecule has 5 nitrogen and oxygen atoms in total. The van der Waals surface area contributed by atoms with Crippen molar-refractivity contribution in [2.45, 2.75) is 12.8 Å². The zero-order valence-electron chi connectivity index (χ0n) is 8.27. The number of para-hydroxylation sites is 1. The van der Waals surface area contributed by atoms with E-state index in [1.54, 1.807) is 12.1 Å². The minimum atomic E-state index is -0.481. The van der Waals surface area contributed by atoms with Crippen molar-refractivity contribution in [3.05, 3.63) is 33.9 Å². The third-order valence-electron chi connectivity index (χ3n) is 1.99. The Morgan fingerprint density at radius 3 is 2.87 bits per heavy atom. The monoisotopic (exact) mass is 206 g/mol. The van der Waals surface area contributed by atoms with Crippen LogP contribution in [-0.2, 0) is 6.42 Å². The SMILES string of the molecule is COc1cccc(CCC#N)c1[N+](=O)[O-]. The molecular formula is C10H10N2O3. The zero-order chi connectivity index (χ0) is 11.3. The maximum absolute atomic E-state index is 10.8. The van der Waals surface area contributed by atoms with Gasteiger partial charge in [0, 0.05) is 12.0 Å². The van der Waals surface area contributed by atoms with Crippen molar-refractivity contribution in [1.82, 2.24) is 0 Å². The summed E-state index contributed by atoms with van der Waals surface area (Å²) in [5.41, 5.74) is 0.483. The molecule has 0 N–H and O–H groups in total. The third-order valence-corrected chi connectivity index (χ3v) is 1.99. The highest BCUT2D eigenvalue weighted by molar-refractivity contribution is 5.52. The van der Waals surface area contributed by atoms with E-state index in [0.717, 1.165) is 0 Å². The van der Waals surface area contributed by atoms with Crippen LogP contribution in [0.25, 0.3) is 0 Å². The number of nitriles is 1. The second-order valence-electron chi connectivity index (χ2n) is 2.88. The minimum absolute atomic E-state index is 0.0461. The molecule has 0 saturated heterocycles. The normalized spacial score (nSPS) is 9.33. The number of nitro benzene ring substituents is 1. The predicted octanol–water partition coefficient (Wildman–Crippen LogP) is 2.06. The molecule has 5 heteroatoms. The van der Waals surface area contributed by atoms with Gasteiger partial charge in [-0.15, -0.1) is 0 Å². The lowest BCUT2D eigenvalue weighted by Gasteiger charge is -2.04. The standard InChI is InChI=1S/C10H10N2O3/c1-15-9-6-2-4-8(5-3-7-11)10(9)12(13)14/h2,4,6H,3,5H2,1H3. The van der Waals surface area contributed by atoms with Gasteiger partial charge in [-0.3, -0.25) is 10.1 Å². The van der Waals surface area contributed by atoms with Gasteiger partial charge in [-0.2, -0.15) is 5.26 Å². The summed E-state index contributed by atoms with van der Waals surface area (Å²) >= 11 is 0. The maximum Gasteiger partial charge on any atom is 0.314 e. The number of hydrogen-bond acceptors (Lipinski definition) is 4. The molecule has 0 aliphatic rings. The molecule has 0 aliphatic carbocycles. The van der Waals surface area contributed by atoms with Crippen molar-refractivity contribution in [2.75, 3.05) is 7.11 Å². The van der Waals surface area contributed by atoms with Crippen LogP contribution in [0.1, 0.15) is 12.0 Å². The molecule has 0 atom stereocenters. The molecule has 0 spiro atoms. The first kappa shape index (κ1) is 11.0. The van der Waals surface area contributed by atoms with Crippen LogP contribution in [0.4, 0.5) is 5.69 Å². The van der Waals surface area contributed by atoms with Gasteiger partial charge < -0.3 is 4.74 Å². The summed E-state index contributed by atoms with van der Waals surface area (Å²) in [5.74, 6) is 0.232. The van der Waals surface area contributed by atoms with Gasteiger partial charge in [0.2, 0.25) is 0 Å². The molecule has 0 aliphatic heterocycles. The summed E-state index contributed by atoms with van der Waals surface area (Å²) in [5, 5.41) is 19.2. The average molecular weight is 206 g/mol. The highest BCUT2D eigenvalue weighted by atomic mass is 16.6. The number of nitrogens with zero attached hydrogens (tertiary/aromatic N) is 2. The smallest absolute Gasteiger partial charge is 0.314 e. The predicted molar refractivity (Wildman–Crippen MR) is 53.6 cm³/mol. The average Bonchev–Trinajstić information content (AvgIpc) is 2.25. The molecule has 1 rings (SSSR count). The molecule has 1 aromatic carbocycles. The van der Waals surface area contributed by atoms with E-state index in [1.807, 2.05) is 6.07 Å². The molecule has 0 amide bonds. The minimum Gasteiger partial charge on any atom is -0.490 e. The molecule has 0 saturated carbocycles. The lowest BCUT2D eigenvalue weighted by atomic mass is 10.1. The molecule has 0 heterocycles. The van der Waals surface area contributed by atoms with Crippen molar-refractivity contribution < 1.29 is 9.66 Å². The van der Waals surface area contributed by atoms with Gasteiger partial charge >= 0.3 is 5.69 Å². The van der Waals surface area contributed by atoms with E-state index in [4.69, 9.17) is 10.00 Å². The Kier molecular flexibility index (Phi) is 3.63. The number of ether oxygens (including phenoxy) is 1. The van der Waals surface area contributed by atoms with Crippen LogP contribution in [-0.4, -0.2) is 12.0 Å². The quantitative estimate of drug-likeness (QED) is 0.558. The largest absolute Gasteiger partial charge is 0.490 e. The fourth-order valence-corrected chi connectivity index (χ4v) is 1.33. The van der Waals surface area contributed by atoms with Crippen molar-refractivity contribution >= 4 is 5.69 Å². The highest BCUT2D eigenvalue weighted by Crippen LogP contribution is 2.31. The second kappa shape index (κ2) is 4.96. The molecule has 0 unspecified atom stereocenters. The first-order valence-electron chi connectivity index (χ1n) is 4.38. The van der Waals surface area contributed by atoms with Gasteiger partial charge in [0.05, 0.1) is 18.1 Å². The summed E-state index contributed by atoms with van der Waals surface area (Å²) in [6.45, 7) is 0. The van der Waals surface area contributed by atoms with Crippen molar-refractivity contribution in [2.24, 2.45) is 0 Å². The van der Waals surface area contributed by atoms with E-state index in [9.17, 15) is 10.1 Å². The Morgan fingerprint density at radius 1 is 1.60 bits per heavy atom. The maximum atomic E-state index is 10.8. The number of aryl methyl sites for hydroxylation is 1. The summed E-state index contributed by atoms with van der Waals surface area (Å²) in [4.78, 5) is 10.3. The van der Waals surface area contributed by atoms with Crippen LogP contribution in [0.15, 0.2) is 18.2 Å². The topological polar surface area (TPSA) is 76.2 Å². The number of benzene rings is 1. The Morgan fingerprint density at radius 2 is 2.33 bits per heavy atom. The first-order chi connectivity index (χ1) is 7.20. The van der Waals surface area contributed by atoms with Gasteiger partial charge in [0.15, 0.2) is 5.75 Å². The van der Waals surface area contributed by atoms with Gasteiger partial charge in [-0.05, 0) is 12.5 Å². The highest BCUT2D eigenvalue weighted by Gasteiger charge is 2.19. The van der Waals surface area contributed by atoms with E-state index in [2.05, 4.69) is 0 Å². The van der Waals surface area contributed by atoms with Gasteiger partial charge in [-0.25, -0.2) is 0 Å². The molecule has 0 aromatic heterocycles. The molecular weight excluding hydrogens is 196 g/mol. The van der Waals surface area contributed by atoms with E-state index >= 15 is 0 Å². The Labute approximate surface area is 87.1 Å². The number of hydrogen-bond donors (Lipinski definition) is 0. The molecule has 78 valence electrons. The van der Waals surface area contributed by atoms with Crippen LogP contribution < -0.4 is 4.74 Å². The lowest BCUT2D eigenvalue weighted by molar-refractivity contribution is -0.386. The van der Waals surface area contributed by atoms with Crippen LogP contribution >= 0.6 is 0 Å². The summed E-state index contributed by atoms with van der Waals surface area (Å²) in [7, 11) is 1.39. The number of methoxy groups -OCH3 is 1. The van der Waals surface area contributed by atoms with Crippen molar-refractivity contribution in [3.8, 4) is 11.8 Å². The van der Waals surface area contributed by atoms with Crippen molar-refractivity contribution in [3.63, 3.8) is 0 Å². The Bertz CT molecular complexity index is 410. The van der Waals surface area contributed by atoms with E-state index in [-0.39, 0.29) is 17.9 Å². The third kappa shape index (κ3) is 2.44. The Balaban J connectivity index is 3.14. The summed E-state index contributed by atoms with van der Waals surface area (Å²) in [6.07, 6.45) is 0.623. The Hall–Kier alpha value is -2.09. The molecule has 15 heavy (non-hydrogen) atoms. The van der Waals surface area contributed by atoms with E-state index < -0.39 is 4.92 Å². The van der Waals surface area contributed by atoms with Crippen LogP contribution in [0, 0.1) is 21.4 Å². The van der Waals surface area contributed by atoms with E-state index in [0.29, 0.717) is 12.0 Å². The molecule has 0 radical (unpaired) electrons. The molecule has 0 bridgehead atoms. The first-order valence-corrected chi connectivity index (χ1v) is 4.38. The fourth-order valence-electron chi connectivity index (χ4n) is 1.33. The summed E-state index contributed by atoms with van der Waals surface area (Å²) < 4.78 is 4.90. The lowest BCUT2D eigenvalue weighted by Crippen LogP contribution is -1.98. The number of rotatable bonds is 4. The van der Waals surface area contributed by atoms with Gasteiger partial charge in [0.1, 0.15) is 0 Å². The van der Waals surface area contributed by atoms with Crippen LogP contribution in [0.2, 0.25) is 0 Å². The van der Waals surface area contributed by atoms with E-state index in [1.165, 1.54) is 13.2 Å². The van der Waals surface area contributed by atoms with Crippen LogP contribution in [0.3, 0.4) is 0 Å². The van der Waals surface area contributed by atoms with Crippen molar-refractivity contribution in [1.29, 1.82) is 5.26 Å². The number of nitro groups is 1. The summed E-state index contributed by atoms with van der Waals surface area (Å²) in [6, 6.07) is 6.81. The van der Waals surface area contributed by atoms with Gasteiger partial charge in [-0.1, -0.05) is 12.1 Å².